The number of nitrogens with zero attached hydrogens (tertiary/aromatic N) is 1. The van der Waals surface area contributed by atoms with Crippen LogP contribution in [0.25, 0.3) is 0 Å². The molecule has 0 aliphatic carbocycles. The molecule has 1 aliphatic heterocycles. The monoisotopic (exact) mass is 291 g/mol. The number of hydrogen-bond acceptors (Lipinski definition) is 3. The predicted octanol–water partition coefficient (Wildman–Crippen LogP) is 2.56. The quantitative estimate of drug-likeness (QED) is 0.893. The number of H-pyrrole nitrogens is 1. The normalized spacial score (nSPS) is 17.2. The number of aromatic nitrogens is 2. The van der Waals surface area contributed by atoms with Crippen molar-refractivity contribution < 1.29 is 9.53 Å². The van der Waals surface area contributed by atoms with Crippen LogP contribution in [-0.2, 0) is 11.2 Å². The highest BCUT2D eigenvalue weighted by Crippen LogP contribution is 2.30. The molecule has 1 atom stereocenters. The Hall–Kier alpha value is -2.01. The number of carbonyl (C=O) groups is 1. The number of ether oxygens (including phenoxy) is 1. The Morgan fingerprint density at radius 3 is 3.15 bits per heavy atom. The van der Waals surface area contributed by atoms with E-state index in [-0.39, 0.29) is 11.8 Å². The Morgan fingerprint density at radius 1 is 1.55 bits per heavy atom. The molecule has 0 bridgehead atoms. The third-order valence-corrected chi connectivity index (χ3v) is 3.62. The molecule has 2 aromatic rings. The molecule has 0 saturated carbocycles. The van der Waals surface area contributed by atoms with Crippen molar-refractivity contribution in [3.8, 4) is 5.75 Å². The molecule has 6 heteroatoms. The molecule has 3 rings (SSSR count). The average molecular weight is 292 g/mol. The minimum atomic E-state index is -0.227. The summed E-state index contributed by atoms with van der Waals surface area (Å²) in [5.41, 5.74) is 2.50. The maximum atomic E-state index is 12.2. The number of halogens is 1. The van der Waals surface area contributed by atoms with Crippen molar-refractivity contribution in [1.82, 2.24) is 10.2 Å². The van der Waals surface area contributed by atoms with E-state index in [0.29, 0.717) is 23.7 Å². The second kappa shape index (κ2) is 5.17. The summed E-state index contributed by atoms with van der Waals surface area (Å²) in [5, 5.41) is 10.2. The fourth-order valence-electron chi connectivity index (χ4n) is 2.24. The van der Waals surface area contributed by atoms with Crippen molar-refractivity contribution in [2.75, 3.05) is 11.9 Å². The van der Waals surface area contributed by atoms with Crippen LogP contribution in [0.15, 0.2) is 24.4 Å². The SMILES string of the molecule is Cc1[nH]ncc1NC(=O)C1COc2ccc(Cl)cc2C1. The minimum absolute atomic E-state index is 0.0693. The van der Waals surface area contributed by atoms with Crippen LogP contribution in [0.1, 0.15) is 11.3 Å². The van der Waals surface area contributed by atoms with Crippen LogP contribution in [-0.4, -0.2) is 22.7 Å². The predicted molar refractivity (Wildman–Crippen MR) is 76.1 cm³/mol. The summed E-state index contributed by atoms with van der Waals surface area (Å²) in [6, 6.07) is 5.47. The standard InChI is InChI=1S/C14H14ClN3O2/c1-8-12(6-16-18-8)17-14(19)10-4-9-5-11(15)2-3-13(9)20-7-10/h2-3,5-6,10H,4,7H2,1H3,(H,16,18)(H,17,19). The molecule has 2 heterocycles. The fourth-order valence-corrected chi connectivity index (χ4v) is 2.44. The van der Waals surface area contributed by atoms with Gasteiger partial charge in [0.15, 0.2) is 0 Å². The summed E-state index contributed by atoms with van der Waals surface area (Å²) in [6.45, 7) is 2.23. The zero-order valence-electron chi connectivity index (χ0n) is 10.9. The highest BCUT2D eigenvalue weighted by atomic mass is 35.5. The van der Waals surface area contributed by atoms with E-state index in [0.717, 1.165) is 17.0 Å². The van der Waals surface area contributed by atoms with Gasteiger partial charge in [-0.2, -0.15) is 5.10 Å². The minimum Gasteiger partial charge on any atom is -0.492 e. The summed E-state index contributed by atoms with van der Waals surface area (Å²) in [7, 11) is 0. The van der Waals surface area contributed by atoms with E-state index >= 15 is 0 Å². The molecule has 0 radical (unpaired) electrons. The molecule has 2 N–H and O–H groups in total. The second-order valence-corrected chi connectivity index (χ2v) is 5.30. The highest BCUT2D eigenvalue weighted by Gasteiger charge is 2.26. The van der Waals surface area contributed by atoms with E-state index < -0.39 is 0 Å². The van der Waals surface area contributed by atoms with Crippen LogP contribution >= 0.6 is 11.6 Å². The Bertz CT molecular complexity index is 654. The maximum Gasteiger partial charge on any atom is 0.231 e. The third-order valence-electron chi connectivity index (χ3n) is 3.39. The smallest absolute Gasteiger partial charge is 0.231 e. The van der Waals surface area contributed by atoms with Crippen LogP contribution in [0.4, 0.5) is 5.69 Å². The van der Waals surface area contributed by atoms with E-state index in [1.807, 2.05) is 19.1 Å². The van der Waals surface area contributed by atoms with Crippen molar-refractivity contribution in [3.05, 3.63) is 40.7 Å². The Labute approximate surface area is 121 Å². The van der Waals surface area contributed by atoms with Gasteiger partial charge in [-0.05, 0) is 37.1 Å². The zero-order chi connectivity index (χ0) is 14.1. The number of carbonyl (C=O) groups excluding carboxylic acids is 1. The number of rotatable bonds is 2. The van der Waals surface area contributed by atoms with E-state index in [9.17, 15) is 4.79 Å². The number of aromatic amines is 1. The number of fused-ring (bicyclic) bond motifs is 1. The number of nitrogens with one attached hydrogen (secondary N) is 2. The summed E-state index contributed by atoms with van der Waals surface area (Å²) in [5.74, 6) is 0.508. The summed E-state index contributed by atoms with van der Waals surface area (Å²) >= 11 is 5.97. The summed E-state index contributed by atoms with van der Waals surface area (Å²) < 4.78 is 5.62. The highest BCUT2D eigenvalue weighted by molar-refractivity contribution is 6.30. The van der Waals surface area contributed by atoms with E-state index in [1.54, 1.807) is 12.3 Å². The van der Waals surface area contributed by atoms with Crippen LogP contribution in [0.3, 0.4) is 0 Å². The first-order valence-electron chi connectivity index (χ1n) is 6.35. The lowest BCUT2D eigenvalue weighted by molar-refractivity contribution is -0.121. The lowest BCUT2D eigenvalue weighted by Gasteiger charge is -2.24. The van der Waals surface area contributed by atoms with Gasteiger partial charge in [-0.15, -0.1) is 0 Å². The molecular weight excluding hydrogens is 278 g/mol. The van der Waals surface area contributed by atoms with Gasteiger partial charge in [0.25, 0.3) is 0 Å². The number of amides is 1. The molecular formula is C14H14ClN3O2. The lowest BCUT2D eigenvalue weighted by atomic mass is 9.96. The van der Waals surface area contributed by atoms with Gasteiger partial charge in [0, 0.05) is 5.02 Å². The molecule has 1 aromatic carbocycles. The number of hydrogen-bond donors (Lipinski definition) is 2. The molecule has 1 amide bonds. The summed E-state index contributed by atoms with van der Waals surface area (Å²) in [4.78, 5) is 12.2. The van der Waals surface area contributed by atoms with Gasteiger partial charge in [-0.1, -0.05) is 11.6 Å². The van der Waals surface area contributed by atoms with Crippen LogP contribution < -0.4 is 10.1 Å². The maximum absolute atomic E-state index is 12.2. The number of benzene rings is 1. The first-order chi connectivity index (χ1) is 9.63. The fraction of sp³-hybridized carbons (Fsp3) is 0.286. The van der Waals surface area contributed by atoms with Crippen LogP contribution in [0.2, 0.25) is 5.02 Å². The molecule has 1 unspecified atom stereocenters. The lowest BCUT2D eigenvalue weighted by Crippen LogP contribution is -2.32. The average Bonchev–Trinajstić information content (AvgIpc) is 2.83. The van der Waals surface area contributed by atoms with Crippen molar-refractivity contribution in [2.45, 2.75) is 13.3 Å². The van der Waals surface area contributed by atoms with Crippen molar-refractivity contribution in [1.29, 1.82) is 0 Å². The van der Waals surface area contributed by atoms with Crippen molar-refractivity contribution in [2.24, 2.45) is 5.92 Å². The van der Waals surface area contributed by atoms with Gasteiger partial charge < -0.3 is 10.1 Å². The van der Waals surface area contributed by atoms with E-state index in [2.05, 4.69) is 15.5 Å². The van der Waals surface area contributed by atoms with Gasteiger partial charge in [-0.25, -0.2) is 0 Å². The Balaban J connectivity index is 1.73. The van der Waals surface area contributed by atoms with Gasteiger partial charge in [0.05, 0.1) is 23.5 Å². The molecule has 0 spiro atoms. The van der Waals surface area contributed by atoms with Gasteiger partial charge in [0.2, 0.25) is 5.91 Å². The van der Waals surface area contributed by atoms with Crippen molar-refractivity contribution >= 4 is 23.2 Å². The molecule has 20 heavy (non-hydrogen) atoms. The van der Waals surface area contributed by atoms with Crippen LogP contribution in [0, 0.1) is 12.8 Å². The third kappa shape index (κ3) is 2.49. The Morgan fingerprint density at radius 2 is 2.40 bits per heavy atom. The molecule has 1 aliphatic rings. The molecule has 104 valence electrons. The molecule has 0 saturated heterocycles. The molecule has 0 fully saturated rings. The molecule has 1 aromatic heterocycles. The van der Waals surface area contributed by atoms with Gasteiger partial charge in [-0.3, -0.25) is 9.89 Å². The summed E-state index contributed by atoms with van der Waals surface area (Å²) in [6.07, 6.45) is 2.22. The van der Waals surface area contributed by atoms with Crippen molar-refractivity contribution in [3.63, 3.8) is 0 Å². The van der Waals surface area contributed by atoms with E-state index in [1.165, 1.54) is 0 Å². The zero-order valence-corrected chi connectivity index (χ0v) is 11.7. The van der Waals surface area contributed by atoms with Gasteiger partial charge >= 0.3 is 0 Å². The largest absolute Gasteiger partial charge is 0.492 e. The number of anilines is 1. The first kappa shape index (κ1) is 13.0. The second-order valence-electron chi connectivity index (χ2n) is 4.86. The Kier molecular flexibility index (Phi) is 3.36. The van der Waals surface area contributed by atoms with E-state index in [4.69, 9.17) is 16.3 Å². The van der Waals surface area contributed by atoms with Gasteiger partial charge in [0.1, 0.15) is 12.4 Å². The van der Waals surface area contributed by atoms with Crippen LogP contribution in [0.5, 0.6) is 5.75 Å². The molecule has 5 nitrogen and oxygen atoms in total. The number of aryl methyl sites for hydroxylation is 1. The first-order valence-corrected chi connectivity index (χ1v) is 6.73. The topological polar surface area (TPSA) is 67.0 Å².